The van der Waals surface area contributed by atoms with E-state index in [2.05, 4.69) is 10.3 Å². The van der Waals surface area contributed by atoms with Crippen molar-refractivity contribution >= 4 is 23.0 Å². The number of pyridine rings is 1. The fourth-order valence-corrected chi connectivity index (χ4v) is 1.81. The third-order valence-electron chi connectivity index (χ3n) is 2.65. The highest BCUT2D eigenvalue weighted by molar-refractivity contribution is 6.30. The summed E-state index contributed by atoms with van der Waals surface area (Å²) >= 11 is 5.76. The molecule has 1 heterocycles. The van der Waals surface area contributed by atoms with Crippen molar-refractivity contribution < 1.29 is 9.66 Å². The van der Waals surface area contributed by atoms with Gasteiger partial charge in [-0.05, 0) is 17.7 Å². The van der Waals surface area contributed by atoms with Gasteiger partial charge in [-0.3, -0.25) is 10.1 Å². The Morgan fingerprint density at radius 1 is 1.40 bits per heavy atom. The second-order valence-electron chi connectivity index (χ2n) is 3.98. The fraction of sp³-hybridized carbons (Fsp3) is 0.154. The van der Waals surface area contributed by atoms with Crippen LogP contribution in [0.1, 0.15) is 5.56 Å². The van der Waals surface area contributed by atoms with Gasteiger partial charge in [0.15, 0.2) is 0 Å². The van der Waals surface area contributed by atoms with Gasteiger partial charge in [0.05, 0.1) is 12.0 Å². The minimum atomic E-state index is -0.472. The van der Waals surface area contributed by atoms with Gasteiger partial charge in [0.1, 0.15) is 5.69 Å². The van der Waals surface area contributed by atoms with E-state index in [0.717, 1.165) is 5.56 Å². The SMILES string of the molecule is COc1ccc(CNc2ccc(Cl)cc2[N+](=O)[O-])cn1. The third-order valence-corrected chi connectivity index (χ3v) is 2.88. The lowest BCUT2D eigenvalue weighted by Crippen LogP contribution is -2.03. The average Bonchev–Trinajstić information content (AvgIpc) is 2.46. The maximum Gasteiger partial charge on any atom is 0.293 e. The number of benzene rings is 1. The number of nitro benzene ring substituents is 1. The van der Waals surface area contributed by atoms with Crippen LogP contribution in [0.25, 0.3) is 0 Å². The molecule has 0 aliphatic rings. The van der Waals surface area contributed by atoms with Gasteiger partial charge in [-0.15, -0.1) is 0 Å². The van der Waals surface area contributed by atoms with E-state index in [0.29, 0.717) is 23.1 Å². The highest BCUT2D eigenvalue weighted by Gasteiger charge is 2.13. The van der Waals surface area contributed by atoms with Crippen LogP contribution >= 0.6 is 11.6 Å². The molecule has 2 aromatic rings. The van der Waals surface area contributed by atoms with Crippen molar-refractivity contribution in [2.75, 3.05) is 12.4 Å². The number of nitrogens with zero attached hydrogens (tertiary/aromatic N) is 2. The summed E-state index contributed by atoms with van der Waals surface area (Å²) in [5.41, 5.74) is 1.24. The number of nitro groups is 1. The van der Waals surface area contributed by atoms with Crippen molar-refractivity contribution in [2.45, 2.75) is 6.54 Å². The van der Waals surface area contributed by atoms with Crippen LogP contribution in [0.4, 0.5) is 11.4 Å². The predicted molar refractivity (Wildman–Crippen MR) is 76.2 cm³/mol. The van der Waals surface area contributed by atoms with E-state index >= 15 is 0 Å². The van der Waals surface area contributed by atoms with Crippen molar-refractivity contribution in [3.8, 4) is 5.88 Å². The molecule has 104 valence electrons. The zero-order valence-electron chi connectivity index (χ0n) is 10.7. The van der Waals surface area contributed by atoms with E-state index < -0.39 is 4.92 Å². The Hall–Kier alpha value is -2.34. The molecule has 0 fully saturated rings. The average molecular weight is 294 g/mol. The van der Waals surface area contributed by atoms with Gasteiger partial charge in [-0.1, -0.05) is 17.7 Å². The van der Waals surface area contributed by atoms with Crippen LogP contribution in [0.2, 0.25) is 5.02 Å². The lowest BCUT2D eigenvalue weighted by atomic mass is 10.2. The van der Waals surface area contributed by atoms with E-state index in [-0.39, 0.29) is 5.69 Å². The maximum absolute atomic E-state index is 10.9. The minimum absolute atomic E-state index is 0.0565. The van der Waals surface area contributed by atoms with Crippen LogP contribution in [0.3, 0.4) is 0 Å². The summed E-state index contributed by atoms with van der Waals surface area (Å²) in [7, 11) is 1.54. The van der Waals surface area contributed by atoms with Crippen molar-refractivity contribution in [2.24, 2.45) is 0 Å². The lowest BCUT2D eigenvalue weighted by Gasteiger charge is -2.07. The van der Waals surface area contributed by atoms with Crippen molar-refractivity contribution in [3.63, 3.8) is 0 Å². The highest BCUT2D eigenvalue weighted by Crippen LogP contribution is 2.28. The summed E-state index contributed by atoms with van der Waals surface area (Å²) in [5, 5.41) is 14.3. The van der Waals surface area contributed by atoms with Gasteiger partial charge in [-0.25, -0.2) is 4.98 Å². The molecule has 1 aromatic heterocycles. The Bertz CT molecular complexity index is 617. The number of methoxy groups -OCH3 is 1. The Kier molecular flexibility index (Phi) is 4.37. The van der Waals surface area contributed by atoms with Gasteiger partial charge in [-0.2, -0.15) is 0 Å². The predicted octanol–water partition coefficient (Wildman–Crippen LogP) is 3.26. The molecule has 0 saturated carbocycles. The highest BCUT2D eigenvalue weighted by atomic mass is 35.5. The van der Waals surface area contributed by atoms with Gasteiger partial charge in [0.25, 0.3) is 5.69 Å². The lowest BCUT2D eigenvalue weighted by molar-refractivity contribution is -0.383. The number of anilines is 1. The normalized spacial score (nSPS) is 10.1. The van der Waals surface area contributed by atoms with Gasteiger partial charge < -0.3 is 10.1 Å². The summed E-state index contributed by atoms with van der Waals surface area (Å²) < 4.78 is 4.96. The Labute approximate surface area is 120 Å². The zero-order valence-corrected chi connectivity index (χ0v) is 11.4. The Morgan fingerprint density at radius 2 is 2.20 bits per heavy atom. The van der Waals surface area contributed by atoms with Crippen LogP contribution in [-0.4, -0.2) is 17.0 Å². The van der Waals surface area contributed by atoms with Crippen LogP contribution in [-0.2, 0) is 6.54 Å². The molecule has 0 atom stereocenters. The maximum atomic E-state index is 10.9. The molecule has 0 unspecified atom stereocenters. The molecule has 1 N–H and O–H groups in total. The molecule has 0 saturated heterocycles. The first-order valence-electron chi connectivity index (χ1n) is 5.77. The topological polar surface area (TPSA) is 77.3 Å². The molecule has 2 rings (SSSR count). The number of rotatable bonds is 5. The molecule has 0 aliphatic heterocycles. The zero-order chi connectivity index (χ0) is 14.5. The molecular formula is C13H12ClN3O3. The summed E-state index contributed by atoms with van der Waals surface area (Å²) in [6.45, 7) is 0.416. The van der Waals surface area contributed by atoms with Gasteiger partial charge in [0.2, 0.25) is 5.88 Å². The summed E-state index contributed by atoms with van der Waals surface area (Å²) in [6, 6.07) is 8.06. The van der Waals surface area contributed by atoms with Crippen LogP contribution in [0, 0.1) is 10.1 Å². The number of halogens is 1. The molecule has 6 nitrogen and oxygen atoms in total. The van der Waals surface area contributed by atoms with Crippen LogP contribution in [0.15, 0.2) is 36.5 Å². The van der Waals surface area contributed by atoms with Gasteiger partial charge >= 0.3 is 0 Å². The molecule has 20 heavy (non-hydrogen) atoms. The van der Waals surface area contributed by atoms with Crippen LogP contribution in [0.5, 0.6) is 5.88 Å². The number of ether oxygens (including phenoxy) is 1. The standard InChI is InChI=1S/C13H12ClN3O3/c1-20-13-5-2-9(8-16-13)7-15-11-4-3-10(14)6-12(11)17(18)19/h2-6,8,15H,7H2,1H3. The first kappa shape index (κ1) is 14.1. The molecular weight excluding hydrogens is 282 g/mol. The largest absolute Gasteiger partial charge is 0.481 e. The number of nitrogens with one attached hydrogen (secondary N) is 1. The monoisotopic (exact) mass is 293 g/mol. The van der Waals surface area contributed by atoms with Crippen molar-refractivity contribution in [1.29, 1.82) is 0 Å². The molecule has 0 amide bonds. The summed E-state index contributed by atoms with van der Waals surface area (Å²) in [6.07, 6.45) is 1.65. The van der Waals surface area contributed by atoms with E-state index in [9.17, 15) is 10.1 Å². The van der Waals surface area contributed by atoms with Crippen LogP contribution < -0.4 is 10.1 Å². The van der Waals surface area contributed by atoms with E-state index in [4.69, 9.17) is 16.3 Å². The minimum Gasteiger partial charge on any atom is -0.481 e. The molecule has 0 radical (unpaired) electrons. The first-order chi connectivity index (χ1) is 9.60. The molecule has 0 spiro atoms. The number of aromatic nitrogens is 1. The van der Waals surface area contributed by atoms with E-state index in [1.54, 1.807) is 24.4 Å². The van der Waals surface area contributed by atoms with Gasteiger partial charge in [0, 0.05) is 29.9 Å². The summed E-state index contributed by atoms with van der Waals surface area (Å²) in [4.78, 5) is 14.5. The third kappa shape index (κ3) is 3.36. The number of hydrogen-bond donors (Lipinski definition) is 1. The van der Waals surface area contributed by atoms with Crippen molar-refractivity contribution in [3.05, 3.63) is 57.2 Å². The molecule has 0 aliphatic carbocycles. The molecule has 7 heteroatoms. The Morgan fingerprint density at radius 3 is 2.80 bits per heavy atom. The smallest absolute Gasteiger partial charge is 0.293 e. The van der Waals surface area contributed by atoms with E-state index in [1.165, 1.54) is 13.2 Å². The summed E-state index contributed by atoms with van der Waals surface area (Å²) in [5.74, 6) is 0.520. The molecule has 0 bridgehead atoms. The fourth-order valence-electron chi connectivity index (χ4n) is 1.64. The molecule has 1 aromatic carbocycles. The second kappa shape index (κ2) is 6.21. The quantitative estimate of drug-likeness (QED) is 0.676. The first-order valence-corrected chi connectivity index (χ1v) is 6.14. The Balaban J connectivity index is 2.12. The van der Waals surface area contributed by atoms with Crippen molar-refractivity contribution in [1.82, 2.24) is 4.98 Å². The second-order valence-corrected chi connectivity index (χ2v) is 4.42. The number of hydrogen-bond acceptors (Lipinski definition) is 5. The van der Waals surface area contributed by atoms with E-state index in [1.807, 2.05) is 6.07 Å².